The Morgan fingerprint density at radius 1 is 1.03 bits per heavy atom. The zero-order chi connectivity index (χ0) is 25.5. The van der Waals surface area contributed by atoms with Crippen molar-refractivity contribution < 1.29 is 27.5 Å². The first-order valence-electron chi connectivity index (χ1n) is 11.7. The molecular weight excluding hydrogens is 458 g/mol. The van der Waals surface area contributed by atoms with Crippen LogP contribution in [0.1, 0.15) is 44.2 Å². The average Bonchev–Trinajstić information content (AvgIpc) is 2.80. The average molecular weight is 496 g/mol. The van der Waals surface area contributed by atoms with Crippen molar-refractivity contribution in [2.45, 2.75) is 51.9 Å². The Kier molecular flexibility index (Phi) is 10.1. The van der Waals surface area contributed by atoms with Gasteiger partial charge in [-0.1, -0.05) is 26.0 Å². The quantitative estimate of drug-likeness (QED) is 0.460. The molecule has 1 aromatic rings. The number of carbonyl (C=O) groups is 3. The zero-order valence-electron chi connectivity index (χ0n) is 20.9. The number of benzene rings is 1. The van der Waals surface area contributed by atoms with Gasteiger partial charge in [-0.15, -0.1) is 0 Å². The van der Waals surface area contributed by atoms with Crippen molar-refractivity contribution in [3.63, 3.8) is 0 Å². The number of amides is 2. The molecule has 1 fully saturated rings. The van der Waals surface area contributed by atoms with Gasteiger partial charge in [-0.2, -0.15) is 4.31 Å². The number of rotatable bonds is 10. The van der Waals surface area contributed by atoms with Gasteiger partial charge in [-0.05, 0) is 37.0 Å². The topological polar surface area (TPSA) is 104 Å². The predicted molar refractivity (Wildman–Crippen MR) is 129 cm³/mol. The molecule has 1 aliphatic rings. The fourth-order valence-corrected chi connectivity index (χ4v) is 5.65. The lowest BCUT2D eigenvalue weighted by Crippen LogP contribution is -2.50. The standard InChI is InChI=1S/C24H37N3O6S/c1-18(2)17-26(11-10-24(30)33-5)23(29)9-8-22(28)25-12-14-27(15-13-25)34(31,32)21-16-19(3)6-7-20(21)4/h6-7,16,18H,8-15,17H2,1-5H3. The van der Waals surface area contributed by atoms with Crippen LogP contribution in [-0.4, -0.2) is 86.7 Å². The number of piperazine rings is 1. The molecule has 10 heteroatoms. The van der Waals surface area contributed by atoms with Crippen LogP contribution in [0.2, 0.25) is 0 Å². The van der Waals surface area contributed by atoms with Crippen LogP contribution in [0.15, 0.2) is 23.1 Å². The highest BCUT2D eigenvalue weighted by Gasteiger charge is 2.31. The minimum atomic E-state index is -3.63. The van der Waals surface area contributed by atoms with Crippen molar-refractivity contribution in [1.82, 2.24) is 14.1 Å². The van der Waals surface area contributed by atoms with Gasteiger partial charge in [-0.25, -0.2) is 8.42 Å². The molecule has 34 heavy (non-hydrogen) atoms. The third-order valence-corrected chi connectivity index (χ3v) is 7.90. The SMILES string of the molecule is COC(=O)CCN(CC(C)C)C(=O)CCC(=O)N1CCN(S(=O)(=O)c2cc(C)ccc2C)CC1. The van der Waals surface area contributed by atoms with Crippen LogP contribution in [0, 0.1) is 19.8 Å². The van der Waals surface area contributed by atoms with Gasteiger partial charge >= 0.3 is 5.97 Å². The van der Waals surface area contributed by atoms with E-state index in [-0.39, 0.29) is 75.7 Å². The summed E-state index contributed by atoms with van der Waals surface area (Å²) in [5, 5.41) is 0. The van der Waals surface area contributed by atoms with Crippen molar-refractivity contribution in [3.8, 4) is 0 Å². The number of nitrogens with zero attached hydrogens (tertiary/aromatic N) is 3. The van der Waals surface area contributed by atoms with Gasteiger partial charge in [-0.3, -0.25) is 14.4 Å². The lowest BCUT2D eigenvalue weighted by atomic mass is 10.1. The second kappa shape index (κ2) is 12.3. The van der Waals surface area contributed by atoms with Crippen LogP contribution in [-0.2, 0) is 29.1 Å². The van der Waals surface area contributed by atoms with E-state index < -0.39 is 10.0 Å². The molecule has 0 aliphatic carbocycles. The van der Waals surface area contributed by atoms with Crippen LogP contribution in [0.3, 0.4) is 0 Å². The summed E-state index contributed by atoms with van der Waals surface area (Å²) in [6.07, 6.45) is 0.211. The van der Waals surface area contributed by atoms with Crippen molar-refractivity contribution in [3.05, 3.63) is 29.3 Å². The number of sulfonamides is 1. The summed E-state index contributed by atoms with van der Waals surface area (Å²) in [5.74, 6) is -0.507. The highest BCUT2D eigenvalue weighted by molar-refractivity contribution is 7.89. The molecule has 2 rings (SSSR count). The van der Waals surface area contributed by atoms with E-state index in [1.165, 1.54) is 11.4 Å². The summed E-state index contributed by atoms with van der Waals surface area (Å²) in [6.45, 7) is 9.35. The zero-order valence-corrected chi connectivity index (χ0v) is 21.7. The Balaban J connectivity index is 1.90. The van der Waals surface area contributed by atoms with E-state index in [0.29, 0.717) is 17.0 Å². The second-order valence-corrected chi connectivity index (χ2v) is 11.0. The molecule has 1 aliphatic heterocycles. The first kappa shape index (κ1) is 27.8. The van der Waals surface area contributed by atoms with Gasteiger partial charge in [0.15, 0.2) is 0 Å². The lowest BCUT2D eigenvalue weighted by molar-refractivity contribution is -0.142. The van der Waals surface area contributed by atoms with Gasteiger partial charge in [0.25, 0.3) is 0 Å². The number of carbonyl (C=O) groups excluding carboxylic acids is 3. The molecule has 2 amide bonds. The largest absolute Gasteiger partial charge is 0.469 e. The van der Waals surface area contributed by atoms with Gasteiger partial charge in [0, 0.05) is 52.1 Å². The van der Waals surface area contributed by atoms with Crippen LogP contribution in [0.5, 0.6) is 0 Å². The second-order valence-electron chi connectivity index (χ2n) is 9.11. The van der Waals surface area contributed by atoms with Crippen molar-refractivity contribution >= 4 is 27.8 Å². The normalized spacial score (nSPS) is 14.8. The molecule has 0 spiro atoms. The third kappa shape index (κ3) is 7.53. The van der Waals surface area contributed by atoms with E-state index in [9.17, 15) is 22.8 Å². The molecule has 1 heterocycles. The molecular formula is C24H37N3O6S. The fraction of sp³-hybridized carbons (Fsp3) is 0.625. The summed E-state index contributed by atoms with van der Waals surface area (Å²) < 4.78 is 32.2. The summed E-state index contributed by atoms with van der Waals surface area (Å²) >= 11 is 0. The van der Waals surface area contributed by atoms with Crippen LogP contribution in [0.25, 0.3) is 0 Å². The molecule has 1 saturated heterocycles. The maximum atomic E-state index is 13.1. The van der Waals surface area contributed by atoms with Crippen LogP contribution < -0.4 is 0 Å². The number of methoxy groups -OCH3 is 1. The monoisotopic (exact) mass is 495 g/mol. The van der Waals surface area contributed by atoms with Gasteiger partial charge in [0.2, 0.25) is 21.8 Å². The molecule has 0 bridgehead atoms. The predicted octanol–water partition coefficient (Wildman–Crippen LogP) is 1.96. The first-order chi connectivity index (χ1) is 15.9. The van der Waals surface area contributed by atoms with E-state index in [0.717, 1.165) is 5.56 Å². The van der Waals surface area contributed by atoms with Crippen molar-refractivity contribution in [1.29, 1.82) is 0 Å². The van der Waals surface area contributed by atoms with Crippen LogP contribution in [0.4, 0.5) is 0 Å². The smallest absolute Gasteiger partial charge is 0.307 e. The Bertz CT molecular complexity index is 984. The minimum Gasteiger partial charge on any atom is -0.469 e. The number of aryl methyl sites for hydroxylation is 2. The molecule has 0 unspecified atom stereocenters. The van der Waals surface area contributed by atoms with Crippen LogP contribution >= 0.6 is 0 Å². The lowest BCUT2D eigenvalue weighted by Gasteiger charge is -2.34. The highest BCUT2D eigenvalue weighted by Crippen LogP contribution is 2.22. The van der Waals surface area contributed by atoms with Crippen molar-refractivity contribution in [2.24, 2.45) is 5.92 Å². The van der Waals surface area contributed by atoms with Crippen molar-refractivity contribution in [2.75, 3.05) is 46.4 Å². The van der Waals surface area contributed by atoms with E-state index in [2.05, 4.69) is 4.74 Å². The maximum absolute atomic E-state index is 13.1. The summed E-state index contributed by atoms with van der Waals surface area (Å²) in [7, 11) is -2.32. The highest BCUT2D eigenvalue weighted by atomic mass is 32.2. The summed E-state index contributed by atoms with van der Waals surface area (Å²) in [4.78, 5) is 40.3. The van der Waals surface area contributed by atoms with E-state index >= 15 is 0 Å². The maximum Gasteiger partial charge on any atom is 0.307 e. The number of hydrogen-bond donors (Lipinski definition) is 0. The van der Waals surface area contributed by atoms with Gasteiger partial charge in [0.1, 0.15) is 0 Å². The van der Waals surface area contributed by atoms with E-state index in [1.54, 1.807) is 28.9 Å². The molecule has 0 atom stereocenters. The van der Waals surface area contributed by atoms with Gasteiger partial charge in [0.05, 0.1) is 18.4 Å². The molecule has 1 aromatic carbocycles. The molecule has 0 radical (unpaired) electrons. The van der Waals surface area contributed by atoms with Gasteiger partial charge < -0.3 is 14.5 Å². The molecule has 0 aromatic heterocycles. The molecule has 0 saturated carbocycles. The molecule has 9 nitrogen and oxygen atoms in total. The number of hydrogen-bond acceptors (Lipinski definition) is 6. The third-order valence-electron chi connectivity index (χ3n) is 5.86. The summed E-state index contributed by atoms with van der Waals surface area (Å²) in [5.41, 5.74) is 1.57. The minimum absolute atomic E-state index is 0.0493. The van der Waals surface area contributed by atoms with E-state index in [4.69, 9.17) is 0 Å². The summed E-state index contributed by atoms with van der Waals surface area (Å²) in [6, 6.07) is 5.35. The Morgan fingerprint density at radius 3 is 2.26 bits per heavy atom. The van der Waals surface area contributed by atoms with E-state index in [1.807, 2.05) is 26.8 Å². The molecule has 190 valence electrons. The Morgan fingerprint density at radius 2 is 1.68 bits per heavy atom. The Hall–Kier alpha value is -2.46. The Labute approximate surface area is 203 Å². The number of ether oxygens (including phenoxy) is 1. The number of esters is 1. The fourth-order valence-electron chi connectivity index (χ4n) is 3.92. The first-order valence-corrected chi connectivity index (χ1v) is 13.1. The molecule has 0 N–H and O–H groups in total.